The average Bonchev–Trinajstić information content (AvgIpc) is 1.94. The highest BCUT2D eigenvalue weighted by Gasteiger charge is 2.34. The second kappa shape index (κ2) is 3.18. The van der Waals surface area contributed by atoms with Crippen LogP contribution in [0.1, 0.15) is 6.92 Å². The zero-order valence-corrected chi connectivity index (χ0v) is 8.65. The van der Waals surface area contributed by atoms with E-state index in [0.29, 0.717) is 0 Å². The van der Waals surface area contributed by atoms with Crippen LogP contribution in [0.25, 0.3) is 0 Å². The fourth-order valence-electron chi connectivity index (χ4n) is 1.01. The number of hydrogen-bond acceptors (Lipinski definition) is 2. The lowest BCUT2D eigenvalue weighted by Gasteiger charge is -2.27. The van der Waals surface area contributed by atoms with E-state index in [1.165, 1.54) is 6.08 Å². The summed E-state index contributed by atoms with van der Waals surface area (Å²) in [6.45, 7) is 1.78. The van der Waals surface area contributed by atoms with Gasteiger partial charge in [0.05, 0.1) is 8.99 Å². The van der Waals surface area contributed by atoms with Gasteiger partial charge in [0.2, 0.25) is 0 Å². The summed E-state index contributed by atoms with van der Waals surface area (Å²) >= 11 is 2.02. The maximum atomic E-state index is 10.6. The van der Waals surface area contributed by atoms with Crippen molar-refractivity contribution in [3.8, 4) is 0 Å². The zero-order chi connectivity index (χ0) is 9.35. The van der Waals surface area contributed by atoms with Gasteiger partial charge < -0.3 is 10.2 Å². The largest absolute Gasteiger partial charge is 0.478 e. The minimum Gasteiger partial charge on any atom is -0.478 e. The Labute approximate surface area is 83.9 Å². The van der Waals surface area contributed by atoms with E-state index in [-0.39, 0.29) is 5.57 Å². The maximum Gasteiger partial charge on any atom is 0.334 e. The van der Waals surface area contributed by atoms with Crippen LogP contribution in [-0.4, -0.2) is 25.7 Å². The quantitative estimate of drug-likeness (QED) is 0.559. The van der Waals surface area contributed by atoms with Crippen molar-refractivity contribution in [1.29, 1.82) is 0 Å². The molecule has 0 saturated heterocycles. The fraction of sp³-hybridized carbons (Fsp3) is 0.375. The highest BCUT2D eigenvalue weighted by atomic mass is 127. The van der Waals surface area contributed by atoms with Crippen LogP contribution in [-0.2, 0) is 4.79 Å². The molecule has 3 nitrogen and oxygen atoms in total. The Hall–Kier alpha value is -0.360. The molecule has 0 spiro atoms. The van der Waals surface area contributed by atoms with Gasteiger partial charge in [-0.1, -0.05) is 34.7 Å². The summed E-state index contributed by atoms with van der Waals surface area (Å²) < 4.78 is -0.514. The Balaban J connectivity index is 2.99. The summed E-state index contributed by atoms with van der Waals surface area (Å²) in [6, 6.07) is 0. The van der Waals surface area contributed by atoms with Crippen LogP contribution in [0.5, 0.6) is 0 Å². The number of rotatable bonds is 1. The minimum absolute atomic E-state index is 0.0504. The summed E-state index contributed by atoms with van der Waals surface area (Å²) in [5.74, 6) is -1.06. The molecular weight excluding hydrogens is 271 g/mol. The Morgan fingerprint density at radius 2 is 2.33 bits per heavy atom. The number of carboxylic acids is 1. The van der Waals surface area contributed by atoms with Gasteiger partial charge in [0, 0.05) is 0 Å². The van der Waals surface area contributed by atoms with Gasteiger partial charge in [-0.05, 0) is 13.0 Å². The molecule has 4 heteroatoms. The minimum atomic E-state index is -1.06. The van der Waals surface area contributed by atoms with E-state index in [1.54, 1.807) is 19.1 Å². The van der Waals surface area contributed by atoms with E-state index in [4.69, 9.17) is 5.11 Å². The third-order valence-corrected chi connectivity index (χ3v) is 2.72. The molecule has 0 heterocycles. The Morgan fingerprint density at radius 3 is 2.75 bits per heavy atom. The van der Waals surface area contributed by atoms with Gasteiger partial charge in [-0.15, -0.1) is 0 Å². The molecule has 2 N–H and O–H groups in total. The maximum absolute atomic E-state index is 10.6. The monoisotopic (exact) mass is 280 g/mol. The Kier molecular flexibility index (Phi) is 2.58. The molecule has 0 bridgehead atoms. The molecule has 1 aliphatic rings. The van der Waals surface area contributed by atoms with Gasteiger partial charge in [0.15, 0.2) is 0 Å². The summed E-state index contributed by atoms with van der Waals surface area (Å²) in [5, 5.41) is 18.2. The van der Waals surface area contributed by atoms with Crippen LogP contribution >= 0.6 is 22.6 Å². The fourth-order valence-corrected chi connectivity index (χ4v) is 1.56. The number of carbonyl (C=O) groups is 1. The predicted molar refractivity (Wildman–Crippen MR) is 53.3 cm³/mol. The summed E-state index contributed by atoms with van der Waals surface area (Å²) in [7, 11) is 0. The molecule has 2 unspecified atom stereocenters. The van der Waals surface area contributed by atoms with Crippen molar-refractivity contribution in [1.82, 2.24) is 0 Å². The van der Waals surface area contributed by atoms with Crippen LogP contribution in [0.15, 0.2) is 23.8 Å². The van der Waals surface area contributed by atoms with E-state index >= 15 is 0 Å². The molecule has 0 saturated carbocycles. The highest BCUT2D eigenvalue weighted by Crippen LogP contribution is 2.31. The molecule has 0 aromatic carbocycles. The van der Waals surface area contributed by atoms with E-state index < -0.39 is 15.5 Å². The van der Waals surface area contributed by atoms with Crippen molar-refractivity contribution < 1.29 is 15.0 Å². The lowest BCUT2D eigenvalue weighted by atomic mass is 9.92. The molecular formula is C8H9IO3. The number of alkyl halides is 1. The normalized spacial score (nSPS) is 34.6. The van der Waals surface area contributed by atoms with Crippen molar-refractivity contribution in [2.24, 2.45) is 0 Å². The number of aliphatic hydroxyl groups excluding tert-OH is 1. The lowest BCUT2D eigenvalue weighted by molar-refractivity contribution is -0.133. The second-order valence-electron chi connectivity index (χ2n) is 2.84. The molecule has 0 fully saturated rings. The standard InChI is InChI=1S/C8H9IO3/c1-8(9)4-2-3-5(6(8)10)7(11)12/h2-4,6,10H,1H3,(H,11,12). The predicted octanol–water partition coefficient (Wildman–Crippen LogP) is 1.12. The first kappa shape index (κ1) is 9.73. The lowest BCUT2D eigenvalue weighted by Crippen LogP contribution is -2.36. The third-order valence-electron chi connectivity index (χ3n) is 1.77. The molecule has 0 aromatic rings. The topological polar surface area (TPSA) is 57.5 Å². The smallest absolute Gasteiger partial charge is 0.334 e. The number of allylic oxidation sites excluding steroid dienone is 2. The molecule has 0 aromatic heterocycles. The first-order valence-corrected chi connectivity index (χ1v) is 4.53. The third kappa shape index (κ3) is 1.69. The molecule has 0 radical (unpaired) electrons. The molecule has 0 aliphatic heterocycles. The van der Waals surface area contributed by atoms with Crippen LogP contribution in [0.3, 0.4) is 0 Å². The van der Waals surface area contributed by atoms with Crippen molar-refractivity contribution in [2.75, 3.05) is 0 Å². The van der Waals surface area contributed by atoms with Crippen LogP contribution in [0.4, 0.5) is 0 Å². The summed E-state index contributed by atoms with van der Waals surface area (Å²) in [4.78, 5) is 10.6. The van der Waals surface area contributed by atoms with Gasteiger partial charge in [-0.2, -0.15) is 0 Å². The molecule has 12 heavy (non-hydrogen) atoms. The Bertz CT molecular complexity index is 265. The first-order valence-electron chi connectivity index (χ1n) is 3.45. The molecule has 1 aliphatic carbocycles. The number of hydrogen-bond donors (Lipinski definition) is 2. The molecule has 1 rings (SSSR count). The van der Waals surface area contributed by atoms with Crippen LogP contribution in [0.2, 0.25) is 0 Å². The zero-order valence-electron chi connectivity index (χ0n) is 6.49. The highest BCUT2D eigenvalue weighted by molar-refractivity contribution is 14.1. The van der Waals surface area contributed by atoms with Crippen molar-refractivity contribution in [3.63, 3.8) is 0 Å². The second-order valence-corrected chi connectivity index (χ2v) is 5.16. The van der Waals surface area contributed by atoms with E-state index in [1.807, 2.05) is 22.6 Å². The Morgan fingerprint density at radius 1 is 1.75 bits per heavy atom. The number of aliphatic carboxylic acids is 1. The van der Waals surface area contributed by atoms with E-state index in [2.05, 4.69) is 0 Å². The molecule has 2 atom stereocenters. The van der Waals surface area contributed by atoms with Gasteiger partial charge in [-0.3, -0.25) is 0 Å². The SMILES string of the molecule is CC1(I)C=CC=C(C(=O)O)C1O. The van der Waals surface area contributed by atoms with Gasteiger partial charge in [-0.25, -0.2) is 4.79 Å². The van der Waals surface area contributed by atoms with E-state index in [9.17, 15) is 9.90 Å². The molecule has 0 amide bonds. The van der Waals surface area contributed by atoms with E-state index in [0.717, 1.165) is 0 Å². The van der Waals surface area contributed by atoms with Crippen molar-refractivity contribution >= 4 is 28.6 Å². The molecule has 66 valence electrons. The number of aliphatic hydroxyl groups is 1. The van der Waals surface area contributed by atoms with Crippen LogP contribution in [0, 0.1) is 0 Å². The summed E-state index contributed by atoms with van der Waals surface area (Å²) in [5.41, 5.74) is 0.0504. The van der Waals surface area contributed by atoms with Gasteiger partial charge in [0.25, 0.3) is 0 Å². The van der Waals surface area contributed by atoms with Gasteiger partial charge in [0.1, 0.15) is 6.10 Å². The van der Waals surface area contributed by atoms with Gasteiger partial charge >= 0.3 is 5.97 Å². The average molecular weight is 280 g/mol. The van der Waals surface area contributed by atoms with Crippen LogP contribution < -0.4 is 0 Å². The van der Waals surface area contributed by atoms with Crippen molar-refractivity contribution in [2.45, 2.75) is 16.4 Å². The van der Waals surface area contributed by atoms with Crippen molar-refractivity contribution in [3.05, 3.63) is 23.8 Å². The first-order chi connectivity index (χ1) is 5.45. The number of carboxylic acid groups (broad SMARTS) is 1. The number of halogens is 1. The summed E-state index contributed by atoms with van der Waals surface area (Å²) in [6.07, 6.45) is 3.93.